The van der Waals surface area contributed by atoms with Crippen LogP contribution in [0.3, 0.4) is 0 Å². The second-order valence-corrected chi connectivity index (χ2v) is 7.15. The molecule has 0 radical (unpaired) electrons. The Morgan fingerprint density at radius 3 is 2.64 bits per heavy atom. The molecule has 5 nitrogen and oxygen atoms in total. The number of fused-ring (bicyclic) bond motifs is 1. The van der Waals surface area contributed by atoms with Gasteiger partial charge in [0.15, 0.2) is 5.82 Å². The molecule has 2 aromatic heterocycles. The molecule has 2 heterocycles. The Balaban J connectivity index is 1.73. The molecule has 28 heavy (non-hydrogen) atoms. The van der Waals surface area contributed by atoms with Gasteiger partial charge in [-0.3, -0.25) is 4.57 Å². The van der Waals surface area contributed by atoms with Crippen molar-refractivity contribution in [3.63, 3.8) is 0 Å². The highest BCUT2D eigenvalue weighted by molar-refractivity contribution is 9.10. The van der Waals surface area contributed by atoms with E-state index in [1.807, 2.05) is 24.3 Å². The molecular weight excluding hydrogens is 428 g/mol. The fourth-order valence-electron chi connectivity index (χ4n) is 3.03. The van der Waals surface area contributed by atoms with E-state index in [1.165, 1.54) is 4.57 Å². The van der Waals surface area contributed by atoms with Crippen molar-refractivity contribution in [1.29, 1.82) is 0 Å². The highest BCUT2D eigenvalue weighted by Crippen LogP contribution is 2.28. The molecule has 4 rings (SSSR count). The fraction of sp³-hybridized carbons (Fsp3) is 0.150. The van der Waals surface area contributed by atoms with Gasteiger partial charge >= 0.3 is 0 Å². The van der Waals surface area contributed by atoms with Crippen LogP contribution in [0, 0.1) is 6.92 Å². The molecule has 0 aliphatic carbocycles. The average molecular weight is 444 g/mol. The zero-order valence-corrected chi connectivity index (χ0v) is 16.5. The van der Waals surface area contributed by atoms with Crippen LogP contribution < -0.4 is 5.32 Å². The van der Waals surface area contributed by atoms with Crippen molar-refractivity contribution in [3.8, 4) is 5.82 Å². The number of nitrogens with zero attached hydrogens (tertiary/aromatic N) is 4. The Bertz CT molecular complexity index is 1140. The van der Waals surface area contributed by atoms with Gasteiger partial charge in [-0.15, -0.1) is 0 Å². The average Bonchev–Trinajstić information content (AvgIpc) is 3.06. The predicted molar refractivity (Wildman–Crippen MR) is 108 cm³/mol. The van der Waals surface area contributed by atoms with E-state index in [0.717, 1.165) is 10.0 Å². The SMILES string of the molecule is Cc1nc(NCc2cccc(Br)c2)cc(-n2c(C(F)F)nc3ccccc32)n1. The number of hydrogen-bond donors (Lipinski definition) is 1. The van der Waals surface area contributed by atoms with Crippen molar-refractivity contribution >= 4 is 32.8 Å². The Morgan fingerprint density at radius 1 is 1.04 bits per heavy atom. The first kappa shape index (κ1) is 18.5. The van der Waals surface area contributed by atoms with E-state index in [9.17, 15) is 8.78 Å². The number of nitrogens with one attached hydrogen (secondary N) is 1. The summed E-state index contributed by atoms with van der Waals surface area (Å²) in [5.74, 6) is 1.05. The lowest BCUT2D eigenvalue weighted by Crippen LogP contribution is -2.09. The summed E-state index contributed by atoms with van der Waals surface area (Å²) in [6.07, 6.45) is -2.72. The van der Waals surface area contributed by atoms with E-state index in [1.54, 1.807) is 37.3 Å². The molecule has 0 aliphatic heterocycles. The Kier molecular flexibility index (Phi) is 5.04. The van der Waals surface area contributed by atoms with Gasteiger partial charge in [0.05, 0.1) is 11.0 Å². The molecule has 1 N–H and O–H groups in total. The first-order valence-corrected chi connectivity index (χ1v) is 9.40. The van der Waals surface area contributed by atoms with Crippen LogP contribution in [0.5, 0.6) is 0 Å². The van der Waals surface area contributed by atoms with Crippen molar-refractivity contribution in [2.45, 2.75) is 19.9 Å². The standard InChI is InChI=1S/C20H16BrF2N5/c1-12-25-17(24-11-13-5-4-6-14(21)9-13)10-18(26-12)28-16-8-3-2-7-15(16)27-20(28)19(22)23/h2-10,19H,11H2,1H3,(H,24,25,26). The zero-order valence-electron chi connectivity index (χ0n) is 14.9. The minimum Gasteiger partial charge on any atom is -0.366 e. The zero-order chi connectivity index (χ0) is 19.7. The van der Waals surface area contributed by atoms with Crippen LogP contribution in [-0.2, 0) is 6.54 Å². The number of para-hydroxylation sites is 2. The van der Waals surface area contributed by atoms with Gasteiger partial charge in [0.1, 0.15) is 17.5 Å². The lowest BCUT2D eigenvalue weighted by molar-refractivity contribution is 0.139. The Labute approximate surface area is 168 Å². The normalized spacial score (nSPS) is 11.3. The maximum atomic E-state index is 13.6. The quantitative estimate of drug-likeness (QED) is 0.446. The van der Waals surface area contributed by atoms with Crippen LogP contribution in [0.1, 0.15) is 23.6 Å². The predicted octanol–water partition coefficient (Wildman–Crippen LogP) is 5.44. The maximum absolute atomic E-state index is 13.6. The van der Waals surface area contributed by atoms with Crippen molar-refractivity contribution in [2.75, 3.05) is 5.32 Å². The summed E-state index contributed by atoms with van der Waals surface area (Å²) in [5.41, 5.74) is 2.14. The summed E-state index contributed by atoms with van der Waals surface area (Å²) in [5, 5.41) is 3.23. The van der Waals surface area contributed by atoms with Gasteiger partial charge in [-0.05, 0) is 36.8 Å². The van der Waals surface area contributed by atoms with E-state index in [0.29, 0.717) is 35.0 Å². The number of benzene rings is 2. The van der Waals surface area contributed by atoms with Crippen LogP contribution >= 0.6 is 15.9 Å². The number of halogens is 3. The molecule has 0 unspecified atom stereocenters. The van der Waals surface area contributed by atoms with E-state index in [4.69, 9.17) is 0 Å². The summed E-state index contributed by atoms with van der Waals surface area (Å²) in [6, 6.07) is 16.6. The van der Waals surface area contributed by atoms with Crippen molar-refractivity contribution < 1.29 is 8.78 Å². The molecule has 0 aliphatic rings. The van der Waals surface area contributed by atoms with Gasteiger partial charge in [-0.2, -0.15) is 0 Å². The number of aromatic nitrogens is 4. The smallest absolute Gasteiger partial charge is 0.296 e. The highest BCUT2D eigenvalue weighted by Gasteiger charge is 2.21. The van der Waals surface area contributed by atoms with E-state index < -0.39 is 6.43 Å². The number of rotatable bonds is 5. The molecule has 8 heteroatoms. The Morgan fingerprint density at radius 2 is 1.86 bits per heavy atom. The van der Waals surface area contributed by atoms with E-state index in [2.05, 4.69) is 36.2 Å². The lowest BCUT2D eigenvalue weighted by Gasteiger charge is -2.12. The van der Waals surface area contributed by atoms with E-state index in [-0.39, 0.29) is 5.82 Å². The summed E-state index contributed by atoms with van der Waals surface area (Å²) < 4.78 is 29.6. The molecule has 4 aromatic rings. The topological polar surface area (TPSA) is 55.6 Å². The molecule has 0 bridgehead atoms. The Hall–Kier alpha value is -2.87. The summed E-state index contributed by atoms with van der Waals surface area (Å²) in [7, 11) is 0. The number of imidazole rings is 1. The monoisotopic (exact) mass is 443 g/mol. The molecule has 2 aromatic carbocycles. The second kappa shape index (κ2) is 7.63. The van der Waals surface area contributed by atoms with Crippen LogP contribution in [0.25, 0.3) is 16.9 Å². The highest BCUT2D eigenvalue weighted by atomic mass is 79.9. The molecule has 0 amide bonds. The number of alkyl halides is 2. The second-order valence-electron chi connectivity index (χ2n) is 6.24. The van der Waals surface area contributed by atoms with Crippen molar-refractivity contribution in [1.82, 2.24) is 19.5 Å². The minimum absolute atomic E-state index is 0.336. The summed E-state index contributed by atoms with van der Waals surface area (Å²) >= 11 is 3.45. The van der Waals surface area contributed by atoms with Crippen LogP contribution in [0.4, 0.5) is 14.6 Å². The third-order valence-corrected chi connectivity index (χ3v) is 4.69. The number of aryl methyl sites for hydroxylation is 1. The molecule has 0 spiro atoms. The fourth-order valence-corrected chi connectivity index (χ4v) is 3.48. The van der Waals surface area contributed by atoms with Gasteiger partial charge in [-0.25, -0.2) is 23.7 Å². The van der Waals surface area contributed by atoms with Gasteiger partial charge in [0.25, 0.3) is 6.43 Å². The lowest BCUT2D eigenvalue weighted by atomic mass is 10.2. The van der Waals surface area contributed by atoms with Crippen LogP contribution in [-0.4, -0.2) is 19.5 Å². The molecule has 0 saturated carbocycles. The van der Waals surface area contributed by atoms with Gasteiger partial charge in [-0.1, -0.05) is 40.2 Å². The van der Waals surface area contributed by atoms with E-state index >= 15 is 0 Å². The maximum Gasteiger partial charge on any atom is 0.296 e. The molecule has 0 fully saturated rings. The first-order chi connectivity index (χ1) is 13.5. The third-order valence-electron chi connectivity index (χ3n) is 4.20. The summed E-state index contributed by atoms with van der Waals surface area (Å²) in [6.45, 7) is 2.27. The van der Waals surface area contributed by atoms with Crippen molar-refractivity contribution in [3.05, 3.63) is 76.3 Å². The van der Waals surface area contributed by atoms with Gasteiger partial charge in [0, 0.05) is 17.1 Å². The first-order valence-electron chi connectivity index (χ1n) is 8.61. The number of anilines is 1. The van der Waals surface area contributed by atoms with Gasteiger partial charge < -0.3 is 5.32 Å². The molecule has 0 saturated heterocycles. The summed E-state index contributed by atoms with van der Waals surface area (Å²) in [4.78, 5) is 12.8. The van der Waals surface area contributed by atoms with Crippen LogP contribution in [0.2, 0.25) is 0 Å². The number of hydrogen-bond acceptors (Lipinski definition) is 4. The molecular formula is C20H16BrF2N5. The molecule has 0 atom stereocenters. The van der Waals surface area contributed by atoms with Crippen molar-refractivity contribution in [2.24, 2.45) is 0 Å². The third kappa shape index (κ3) is 3.73. The van der Waals surface area contributed by atoms with Crippen LogP contribution in [0.15, 0.2) is 59.1 Å². The largest absolute Gasteiger partial charge is 0.366 e. The minimum atomic E-state index is -2.72. The van der Waals surface area contributed by atoms with Gasteiger partial charge in [0.2, 0.25) is 0 Å². The molecule has 142 valence electrons.